The van der Waals surface area contributed by atoms with E-state index in [-0.39, 0.29) is 57.5 Å². The van der Waals surface area contributed by atoms with E-state index in [0.717, 1.165) is 23.6 Å². The number of alkyl carbamates (subject to hydrolysis) is 1. The Bertz CT molecular complexity index is 1840. The van der Waals surface area contributed by atoms with E-state index in [1.807, 2.05) is 20.8 Å². The number of hydrogen-bond donors (Lipinski definition) is 3. The van der Waals surface area contributed by atoms with Crippen molar-refractivity contribution in [2.45, 2.75) is 89.4 Å². The Hall–Kier alpha value is -4.42. The van der Waals surface area contributed by atoms with Crippen LogP contribution in [0.25, 0.3) is 11.4 Å². The van der Waals surface area contributed by atoms with Gasteiger partial charge in [0, 0.05) is 30.5 Å². The third kappa shape index (κ3) is 8.44. The first-order valence-corrected chi connectivity index (χ1v) is 19.9. The Labute approximate surface area is 315 Å². The van der Waals surface area contributed by atoms with Gasteiger partial charge in [-0.05, 0) is 85.8 Å². The lowest BCUT2D eigenvalue weighted by Crippen LogP contribution is -2.57. The van der Waals surface area contributed by atoms with Gasteiger partial charge in [0.15, 0.2) is 5.78 Å². The Morgan fingerprint density at radius 3 is 2.39 bits per heavy atom. The Balaban J connectivity index is 1.27. The van der Waals surface area contributed by atoms with Crippen molar-refractivity contribution in [3.63, 3.8) is 0 Å². The summed E-state index contributed by atoms with van der Waals surface area (Å²) in [5.41, 5.74) is -1.62. The highest BCUT2D eigenvalue weighted by atomic mass is 32.2. The Kier molecular flexibility index (Phi) is 11.5. The highest BCUT2D eigenvalue weighted by Gasteiger charge is 2.62. The maximum absolute atomic E-state index is 14.6. The largest absolute Gasteiger partial charge is 0.497 e. The van der Waals surface area contributed by atoms with Crippen LogP contribution in [0.4, 0.5) is 4.79 Å². The van der Waals surface area contributed by atoms with Gasteiger partial charge < -0.3 is 24.8 Å². The molecule has 4 fully saturated rings. The molecular weight excluding hydrogens is 721 g/mol. The normalized spacial score (nSPS) is 26.5. The summed E-state index contributed by atoms with van der Waals surface area (Å²) in [5.74, 6) is -3.18. The van der Waals surface area contributed by atoms with E-state index < -0.39 is 68.9 Å². The van der Waals surface area contributed by atoms with Crippen molar-refractivity contribution >= 4 is 33.9 Å². The maximum Gasteiger partial charge on any atom is 0.408 e. The highest BCUT2D eigenvalue weighted by molar-refractivity contribution is 7.87. The zero-order valence-corrected chi connectivity index (χ0v) is 32.0. The third-order valence-electron chi connectivity index (χ3n) is 10.9. The van der Waals surface area contributed by atoms with E-state index in [4.69, 9.17) is 14.2 Å². The van der Waals surface area contributed by atoms with Gasteiger partial charge >= 0.3 is 16.3 Å². The summed E-state index contributed by atoms with van der Waals surface area (Å²) in [4.78, 5) is 57.2. The Morgan fingerprint density at radius 1 is 1.09 bits per heavy atom. The molecule has 1 aromatic carbocycles. The fourth-order valence-electron chi connectivity index (χ4n) is 7.44. The van der Waals surface area contributed by atoms with Crippen LogP contribution >= 0.6 is 0 Å². The van der Waals surface area contributed by atoms with E-state index in [1.165, 1.54) is 4.80 Å². The van der Waals surface area contributed by atoms with Crippen LogP contribution in [0, 0.1) is 23.2 Å². The summed E-state index contributed by atoms with van der Waals surface area (Å²) in [6, 6.07) is 5.55. The minimum absolute atomic E-state index is 0.0823. The molecular formula is C36H50N8O9S. The molecule has 1 aromatic heterocycles. The first-order valence-electron chi connectivity index (χ1n) is 18.4. The van der Waals surface area contributed by atoms with Crippen LogP contribution in [-0.4, -0.2) is 108 Å². The average molecular weight is 771 g/mol. The van der Waals surface area contributed by atoms with E-state index >= 15 is 0 Å². The predicted octanol–water partition coefficient (Wildman–Crippen LogP) is 2.32. The summed E-state index contributed by atoms with van der Waals surface area (Å²) < 4.78 is 45.7. The molecule has 1 aliphatic heterocycles. The number of ether oxygens (including phenoxy) is 3. The molecule has 1 saturated heterocycles. The number of hydrogen-bond acceptors (Lipinski definition) is 12. The predicted molar refractivity (Wildman–Crippen MR) is 194 cm³/mol. The Morgan fingerprint density at radius 2 is 1.78 bits per heavy atom. The maximum atomic E-state index is 14.6. The molecule has 0 radical (unpaired) electrons. The quantitative estimate of drug-likeness (QED) is 0.236. The average Bonchev–Trinajstić information content (AvgIpc) is 3.43. The van der Waals surface area contributed by atoms with Gasteiger partial charge in [-0.3, -0.25) is 14.4 Å². The van der Waals surface area contributed by atoms with Crippen molar-refractivity contribution in [1.29, 1.82) is 0 Å². The zero-order valence-electron chi connectivity index (χ0n) is 31.2. The number of allylic oxidation sites excluding steroid dienone is 1. The lowest BCUT2D eigenvalue weighted by molar-refractivity contribution is -0.137. The molecule has 3 N–H and O–H groups in total. The number of aromatic nitrogens is 4. The minimum atomic E-state index is -4.22. The number of carbonyl (C=O) groups is 4. The first kappa shape index (κ1) is 39.3. The van der Waals surface area contributed by atoms with Gasteiger partial charge in [-0.2, -0.15) is 17.5 Å². The number of amides is 3. The fourth-order valence-corrected chi connectivity index (χ4v) is 8.61. The van der Waals surface area contributed by atoms with Crippen molar-refractivity contribution in [3.05, 3.63) is 36.9 Å². The standard InChI is InChI=1S/C36H50N8O9S/c1-6-8-23-21-36(23,33(47)41-54(49,50)43-15-17-52-18-16-43)38-32(46)28-20-24(44-40-31(39-42-44)22-11-13-25(51-5)14-12-22)19-27(28)29(45)30(35(2,3)4)37-34(48)53-26-9-7-10-26/h6,11-14,23-24,26-28,30H,1,7-10,15-21H2,2-5H3,(H,37,48)(H,38,46)(H,41,47)/t23-,24+,27?,28-,30?,36+/m1/s1. The second-order valence-corrected chi connectivity index (χ2v) is 17.3. The number of morpholine rings is 1. The van der Waals surface area contributed by atoms with Crippen molar-refractivity contribution in [2.24, 2.45) is 23.2 Å². The van der Waals surface area contributed by atoms with Crippen LogP contribution < -0.4 is 20.1 Å². The molecule has 54 heavy (non-hydrogen) atoms. The van der Waals surface area contributed by atoms with E-state index in [0.29, 0.717) is 23.6 Å². The number of carbonyl (C=O) groups excluding carboxylic acids is 4. The highest BCUT2D eigenvalue weighted by Crippen LogP contribution is 2.48. The number of rotatable bonds is 14. The van der Waals surface area contributed by atoms with Gasteiger partial charge in [-0.15, -0.1) is 16.8 Å². The van der Waals surface area contributed by atoms with E-state index in [1.54, 1.807) is 37.5 Å². The summed E-state index contributed by atoms with van der Waals surface area (Å²) in [5, 5.41) is 18.8. The molecule has 18 heteroatoms. The molecule has 6 atom stereocenters. The smallest absolute Gasteiger partial charge is 0.408 e. The van der Waals surface area contributed by atoms with Crippen molar-refractivity contribution in [1.82, 2.24) is 39.9 Å². The SMILES string of the molecule is C=CC[C@@H]1C[C@@]1(NC(=O)[C@@H]1C[C@@H](n2nnc(-c3ccc(OC)cc3)n2)CC1C(=O)C(NC(=O)OC1CCC1)C(C)(C)C)C(=O)NS(=O)(=O)N1CCOCC1. The molecule has 6 rings (SSSR count). The lowest BCUT2D eigenvalue weighted by atomic mass is 9.77. The van der Waals surface area contributed by atoms with Gasteiger partial charge in [0.25, 0.3) is 5.91 Å². The lowest BCUT2D eigenvalue weighted by Gasteiger charge is -2.34. The van der Waals surface area contributed by atoms with E-state index in [2.05, 4.69) is 37.3 Å². The molecule has 3 aliphatic carbocycles. The van der Waals surface area contributed by atoms with E-state index in [9.17, 15) is 27.6 Å². The van der Waals surface area contributed by atoms with Gasteiger partial charge in [0.05, 0.1) is 32.4 Å². The van der Waals surface area contributed by atoms with Gasteiger partial charge in [0.2, 0.25) is 11.7 Å². The molecule has 0 bridgehead atoms. The molecule has 0 spiro atoms. The number of ketones is 1. The molecule has 3 saturated carbocycles. The van der Waals surface area contributed by atoms with Crippen LogP contribution in [0.15, 0.2) is 36.9 Å². The molecule has 4 aliphatic rings. The van der Waals surface area contributed by atoms with Crippen LogP contribution in [-0.2, 0) is 34.1 Å². The second kappa shape index (κ2) is 15.7. The minimum Gasteiger partial charge on any atom is -0.497 e. The van der Waals surface area contributed by atoms with Gasteiger partial charge in [-0.1, -0.05) is 26.8 Å². The van der Waals surface area contributed by atoms with Crippen molar-refractivity contribution in [2.75, 3.05) is 33.4 Å². The van der Waals surface area contributed by atoms with Crippen LogP contribution in [0.5, 0.6) is 5.75 Å². The number of benzene rings is 1. The monoisotopic (exact) mass is 770 g/mol. The number of nitrogens with one attached hydrogen (secondary N) is 3. The molecule has 2 heterocycles. The first-order chi connectivity index (χ1) is 25.6. The molecule has 2 aromatic rings. The van der Waals surface area contributed by atoms with Crippen LogP contribution in [0.1, 0.15) is 71.8 Å². The molecule has 3 amide bonds. The summed E-state index contributed by atoms with van der Waals surface area (Å²) in [6.07, 6.45) is 3.96. The molecule has 2 unspecified atom stereocenters. The molecule has 17 nitrogen and oxygen atoms in total. The van der Waals surface area contributed by atoms with Crippen molar-refractivity contribution in [3.8, 4) is 17.1 Å². The van der Waals surface area contributed by atoms with Gasteiger partial charge in [0.1, 0.15) is 17.4 Å². The van der Waals surface area contributed by atoms with Crippen LogP contribution in [0.3, 0.4) is 0 Å². The third-order valence-corrected chi connectivity index (χ3v) is 12.4. The molecule has 294 valence electrons. The van der Waals surface area contributed by atoms with Crippen LogP contribution in [0.2, 0.25) is 0 Å². The summed E-state index contributed by atoms with van der Waals surface area (Å²) in [7, 11) is -2.66. The van der Waals surface area contributed by atoms with Gasteiger partial charge in [-0.25, -0.2) is 9.52 Å². The summed E-state index contributed by atoms with van der Waals surface area (Å²) >= 11 is 0. The zero-order chi connectivity index (χ0) is 38.8. The van der Waals surface area contributed by atoms with Crippen molar-refractivity contribution < 1.29 is 41.8 Å². The summed E-state index contributed by atoms with van der Waals surface area (Å²) in [6.45, 7) is 9.78. The number of methoxy groups -OCH3 is 1. The topological polar surface area (TPSA) is 213 Å². The number of nitrogens with zero attached hydrogens (tertiary/aromatic N) is 5. The number of tetrazole rings is 1. The second-order valence-electron chi connectivity index (χ2n) is 15.6. The number of Topliss-reactive ketones (excluding diaryl/α,β-unsaturated/α-hetero) is 1. The fraction of sp³-hybridized carbons (Fsp3) is 0.639.